The Balaban J connectivity index is 2.12. The maximum absolute atomic E-state index is 5.90. The Kier molecular flexibility index (Phi) is 5.44. The van der Waals surface area contributed by atoms with Crippen molar-refractivity contribution in [3.05, 3.63) is 30.1 Å². The maximum atomic E-state index is 5.90. The summed E-state index contributed by atoms with van der Waals surface area (Å²) in [4.78, 5) is 7.08. The fraction of sp³-hybridized carbons (Fsp3) is 0.562. The summed E-state index contributed by atoms with van der Waals surface area (Å²) in [5.74, 6) is 1.73. The SMILES string of the molecule is CC(C)N(C)CCCn1c(CCCl)nc2ccccc21. The number of halogens is 1. The van der Waals surface area contributed by atoms with Gasteiger partial charge in [0.2, 0.25) is 0 Å². The normalized spacial score (nSPS) is 11.9. The van der Waals surface area contributed by atoms with Gasteiger partial charge in [0.05, 0.1) is 11.0 Å². The van der Waals surface area contributed by atoms with Crippen molar-refractivity contribution in [2.24, 2.45) is 0 Å². The lowest BCUT2D eigenvalue weighted by Gasteiger charge is -2.21. The summed E-state index contributed by atoms with van der Waals surface area (Å²) in [6, 6.07) is 8.93. The molecule has 0 aliphatic rings. The van der Waals surface area contributed by atoms with Gasteiger partial charge in [-0.05, 0) is 46.0 Å². The fourth-order valence-electron chi connectivity index (χ4n) is 2.39. The third-order valence-electron chi connectivity index (χ3n) is 3.83. The molecule has 3 nitrogen and oxygen atoms in total. The second-order valence-corrected chi connectivity index (χ2v) is 5.91. The van der Waals surface area contributed by atoms with Gasteiger partial charge >= 0.3 is 0 Å². The molecule has 0 bridgehead atoms. The second kappa shape index (κ2) is 7.09. The van der Waals surface area contributed by atoms with Crippen LogP contribution < -0.4 is 0 Å². The largest absolute Gasteiger partial charge is 0.328 e. The molecule has 1 heterocycles. The monoisotopic (exact) mass is 293 g/mol. The van der Waals surface area contributed by atoms with Crippen molar-refractivity contribution in [1.29, 1.82) is 0 Å². The third kappa shape index (κ3) is 3.53. The molecule has 0 saturated carbocycles. The Bertz CT molecular complexity index is 548. The van der Waals surface area contributed by atoms with E-state index in [-0.39, 0.29) is 0 Å². The van der Waals surface area contributed by atoms with Gasteiger partial charge in [0.15, 0.2) is 0 Å². The molecule has 0 spiro atoms. The Morgan fingerprint density at radius 1 is 1.30 bits per heavy atom. The molecular formula is C16H24ClN3. The van der Waals surface area contributed by atoms with Crippen LogP contribution in [0.5, 0.6) is 0 Å². The van der Waals surface area contributed by atoms with Crippen molar-refractivity contribution in [3.63, 3.8) is 0 Å². The van der Waals surface area contributed by atoms with Crippen molar-refractivity contribution < 1.29 is 0 Å². The van der Waals surface area contributed by atoms with E-state index < -0.39 is 0 Å². The van der Waals surface area contributed by atoms with Crippen LogP contribution in [-0.2, 0) is 13.0 Å². The number of aromatic nitrogens is 2. The van der Waals surface area contributed by atoms with E-state index in [9.17, 15) is 0 Å². The van der Waals surface area contributed by atoms with E-state index in [1.807, 2.05) is 6.07 Å². The summed E-state index contributed by atoms with van der Waals surface area (Å²) >= 11 is 5.90. The number of nitrogens with zero attached hydrogens (tertiary/aromatic N) is 3. The summed E-state index contributed by atoms with van der Waals surface area (Å²) in [5.41, 5.74) is 2.30. The number of benzene rings is 1. The molecule has 0 fully saturated rings. The van der Waals surface area contributed by atoms with Crippen LogP contribution in [-0.4, -0.2) is 40.0 Å². The lowest BCUT2D eigenvalue weighted by Crippen LogP contribution is -2.28. The van der Waals surface area contributed by atoms with E-state index in [1.54, 1.807) is 0 Å². The first-order valence-corrected chi connectivity index (χ1v) is 7.87. The summed E-state index contributed by atoms with van der Waals surface area (Å²) in [7, 11) is 2.18. The fourth-order valence-corrected chi connectivity index (χ4v) is 2.56. The van der Waals surface area contributed by atoms with Gasteiger partial charge in [-0.1, -0.05) is 12.1 Å². The maximum Gasteiger partial charge on any atom is 0.111 e. The van der Waals surface area contributed by atoms with Crippen LogP contribution in [0.2, 0.25) is 0 Å². The molecule has 20 heavy (non-hydrogen) atoms. The predicted octanol–water partition coefficient (Wildman–Crippen LogP) is 3.55. The van der Waals surface area contributed by atoms with Crippen LogP contribution >= 0.6 is 11.6 Å². The van der Waals surface area contributed by atoms with Gasteiger partial charge in [0.25, 0.3) is 0 Å². The first kappa shape index (κ1) is 15.3. The summed E-state index contributed by atoms with van der Waals surface area (Å²) in [6.45, 7) is 6.56. The highest BCUT2D eigenvalue weighted by molar-refractivity contribution is 6.17. The molecule has 0 aliphatic carbocycles. The van der Waals surface area contributed by atoms with Gasteiger partial charge in [-0.3, -0.25) is 0 Å². The van der Waals surface area contributed by atoms with Crippen molar-refractivity contribution in [2.75, 3.05) is 19.5 Å². The van der Waals surface area contributed by atoms with Crippen molar-refractivity contribution in [3.8, 4) is 0 Å². The average Bonchev–Trinajstić information content (AvgIpc) is 2.77. The van der Waals surface area contributed by atoms with Gasteiger partial charge in [-0.2, -0.15) is 0 Å². The molecule has 0 N–H and O–H groups in total. The Labute approximate surface area is 126 Å². The zero-order valence-corrected chi connectivity index (χ0v) is 13.4. The standard InChI is InChI=1S/C16H24ClN3/c1-13(2)19(3)11-6-12-20-15-8-5-4-7-14(15)18-16(20)9-10-17/h4-5,7-8,13H,6,9-12H2,1-3H3. The van der Waals surface area contributed by atoms with Gasteiger partial charge < -0.3 is 9.47 Å². The van der Waals surface area contributed by atoms with Gasteiger partial charge in [0, 0.05) is 24.9 Å². The quantitative estimate of drug-likeness (QED) is 0.728. The molecule has 0 saturated heterocycles. The highest BCUT2D eigenvalue weighted by Crippen LogP contribution is 2.17. The molecule has 0 amide bonds. The number of aryl methyl sites for hydroxylation is 2. The Morgan fingerprint density at radius 3 is 2.75 bits per heavy atom. The van der Waals surface area contributed by atoms with E-state index >= 15 is 0 Å². The van der Waals surface area contributed by atoms with Crippen LogP contribution in [0.25, 0.3) is 11.0 Å². The van der Waals surface area contributed by atoms with Crippen LogP contribution in [0.3, 0.4) is 0 Å². The van der Waals surface area contributed by atoms with E-state index in [0.717, 1.165) is 37.3 Å². The lowest BCUT2D eigenvalue weighted by molar-refractivity contribution is 0.265. The minimum absolute atomic E-state index is 0.594. The number of imidazole rings is 1. The minimum Gasteiger partial charge on any atom is -0.328 e. The van der Waals surface area contributed by atoms with Crippen molar-refractivity contribution >= 4 is 22.6 Å². The smallest absolute Gasteiger partial charge is 0.111 e. The number of hydrogen-bond donors (Lipinski definition) is 0. The molecule has 1 aromatic carbocycles. The number of para-hydroxylation sites is 2. The second-order valence-electron chi connectivity index (χ2n) is 5.54. The van der Waals surface area contributed by atoms with Gasteiger partial charge in [0.1, 0.15) is 5.82 Å². The Morgan fingerprint density at radius 2 is 2.05 bits per heavy atom. The molecule has 0 aliphatic heterocycles. The number of hydrogen-bond acceptors (Lipinski definition) is 2. The number of alkyl halides is 1. The molecular weight excluding hydrogens is 270 g/mol. The van der Waals surface area contributed by atoms with Crippen LogP contribution in [0.1, 0.15) is 26.1 Å². The van der Waals surface area contributed by atoms with Gasteiger partial charge in [-0.15, -0.1) is 11.6 Å². The average molecular weight is 294 g/mol. The molecule has 4 heteroatoms. The summed E-state index contributed by atoms with van der Waals surface area (Å²) in [6.07, 6.45) is 1.96. The van der Waals surface area contributed by atoms with Gasteiger partial charge in [-0.25, -0.2) is 4.98 Å². The van der Waals surface area contributed by atoms with Crippen LogP contribution in [0, 0.1) is 0 Å². The molecule has 2 rings (SSSR count). The molecule has 1 aromatic heterocycles. The number of rotatable bonds is 7. The first-order chi connectivity index (χ1) is 9.63. The third-order valence-corrected chi connectivity index (χ3v) is 4.01. The van der Waals surface area contributed by atoms with E-state index in [4.69, 9.17) is 16.6 Å². The van der Waals surface area contributed by atoms with E-state index in [0.29, 0.717) is 11.9 Å². The predicted molar refractivity (Wildman–Crippen MR) is 86.5 cm³/mol. The van der Waals surface area contributed by atoms with Crippen LogP contribution in [0.4, 0.5) is 0 Å². The van der Waals surface area contributed by atoms with Crippen molar-refractivity contribution in [1.82, 2.24) is 14.5 Å². The zero-order valence-electron chi connectivity index (χ0n) is 12.6. The van der Waals surface area contributed by atoms with Crippen molar-refractivity contribution in [2.45, 2.75) is 39.3 Å². The molecule has 2 aromatic rings. The highest BCUT2D eigenvalue weighted by atomic mass is 35.5. The Hall–Kier alpha value is -1.06. The van der Waals surface area contributed by atoms with E-state index in [1.165, 1.54) is 5.52 Å². The topological polar surface area (TPSA) is 21.1 Å². The molecule has 0 unspecified atom stereocenters. The minimum atomic E-state index is 0.594. The summed E-state index contributed by atoms with van der Waals surface area (Å²) in [5, 5.41) is 0. The molecule has 0 atom stereocenters. The number of fused-ring (bicyclic) bond motifs is 1. The highest BCUT2D eigenvalue weighted by Gasteiger charge is 2.10. The van der Waals surface area contributed by atoms with E-state index in [2.05, 4.69) is 48.6 Å². The summed E-state index contributed by atoms with van der Waals surface area (Å²) < 4.78 is 2.33. The molecule has 0 radical (unpaired) electrons. The lowest BCUT2D eigenvalue weighted by atomic mass is 10.3. The zero-order chi connectivity index (χ0) is 14.5. The molecule has 110 valence electrons. The first-order valence-electron chi connectivity index (χ1n) is 7.34. The van der Waals surface area contributed by atoms with Crippen LogP contribution in [0.15, 0.2) is 24.3 Å².